The van der Waals surface area contributed by atoms with E-state index in [9.17, 15) is 10.2 Å². The van der Waals surface area contributed by atoms with Gasteiger partial charge in [0.25, 0.3) is 0 Å². The SMILES string of the molecule is CCC(O)C(O)Cc1ccc(Br)cc1. The van der Waals surface area contributed by atoms with E-state index < -0.39 is 12.2 Å². The first-order chi connectivity index (χ1) is 6.63. The van der Waals surface area contributed by atoms with Gasteiger partial charge in [0.2, 0.25) is 0 Å². The Kier molecular flexibility index (Phi) is 4.58. The van der Waals surface area contributed by atoms with Gasteiger partial charge in [0, 0.05) is 10.9 Å². The van der Waals surface area contributed by atoms with Crippen LogP contribution in [0.2, 0.25) is 0 Å². The Bertz CT molecular complexity index is 271. The number of aliphatic hydroxyl groups is 2. The summed E-state index contributed by atoms with van der Waals surface area (Å²) in [6.45, 7) is 1.86. The molecule has 78 valence electrons. The summed E-state index contributed by atoms with van der Waals surface area (Å²) in [5.74, 6) is 0. The molecule has 0 saturated carbocycles. The molecule has 0 bridgehead atoms. The van der Waals surface area contributed by atoms with Crippen LogP contribution in [-0.2, 0) is 6.42 Å². The van der Waals surface area contributed by atoms with Crippen molar-refractivity contribution >= 4 is 15.9 Å². The van der Waals surface area contributed by atoms with Crippen LogP contribution in [-0.4, -0.2) is 22.4 Å². The van der Waals surface area contributed by atoms with E-state index in [1.807, 2.05) is 31.2 Å². The normalized spacial score (nSPS) is 15.1. The van der Waals surface area contributed by atoms with Gasteiger partial charge >= 0.3 is 0 Å². The fourth-order valence-corrected chi connectivity index (χ4v) is 1.53. The maximum atomic E-state index is 9.58. The molecule has 2 nitrogen and oxygen atoms in total. The van der Waals surface area contributed by atoms with Gasteiger partial charge in [-0.1, -0.05) is 35.0 Å². The first-order valence-corrected chi connectivity index (χ1v) is 5.53. The van der Waals surface area contributed by atoms with Crippen LogP contribution in [0.3, 0.4) is 0 Å². The van der Waals surface area contributed by atoms with E-state index in [2.05, 4.69) is 15.9 Å². The highest BCUT2D eigenvalue weighted by molar-refractivity contribution is 9.10. The number of hydrogen-bond acceptors (Lipinski definition) is 2. The van der Waals surface area contributed by atoms with Gasteiger partial charge < -0.3 is 10.2 Å². The smallest absolute Gasteiger partial charge is 0.0839 e. The summed E-state index contributed by atoms with van der Waals surface area (Å²) in [5.41, 5.74) is 1.04. The van der Waals surface area contributed by atoms with E-state index in [4.69, 9.17) is 0 Å². The highest BCUT2D eigenvalue weighted by Crippen LogP contribution is 2.13. The third-order valence-corrected chi connectivity index (χ3v) is 2.75. The molecule has 1 aromatic carbocycles. The minimum absolute atomic E-state index is 0.502. The highest BCUT2D eigenvalue weighted by Gasteiger charge is 2.14. The molecule has 0 radical (unpaired) electrons. The molecule has 3 heteroatoms. The Labute approximate surface area is 92.7 Å². The zero-order valence-corrected chi connectivity index (χ0v) is 9.74. The van der Waals surface area contributed by atoms with Crippen LogP contribution in [0, 0.1) is 0 Å². The molecule has 2 atom stereocenters. The van der Waals surface area contributed by atoms with Crippen molar-refractivity contribution in [2.24, 2.45) is 0 Å². The van der Waals surface area contributed by atoms with Gasteiger partial charge in [-0.2, -0.15) is 0 Å². The number of rotatable bonds is 4. The van der Waals surface area contributed by atoms with E-state index in [-0.39, 0.29) is 0 Å². The maximum absolute atomic E-state index is 9.58. The summed E-state index contributed by atoms with van der Waals surface area (Å²) in [5, 5.41) is 19.0. The molecule has 2 unspecified atom stereocenters. The molecule has 2 N–H and O–H groups in total. The standard InChI is InChI=1S/C11H15BrO2/c1-2-10(13)11(14)7-8-3-5-9(12)6-4-8/h3-6,10-11,13-14H,2,7H2,1H3. The molecular formula is C11H15BrO2. The highest BCUT2D eigenvalue weighted by atomic mass is 79.9. The molecular weight excluding hydrogens is 244 g/mol. The van der Waals surface area contributed by atoms with E-state index in [1.165, 1.54) is 0 Å². The zero-order valence-electron chi connectivity index (χ0n) is 8.15. The summed E-state index contributed by atoms with van der Waals surface area (Å²) in [6.07, 6.45) is -0.209. The molecule has 0 saturated heterocycles. The van der Waals surface area contributed by atoms with E-state index >= 15 is 0 Å². The van der Waals surface area contributed by atoms with Crippen molar-refractivity contribution < 1.29 is 10.2 Å². The quantitative estimate of drug-likeness (QED) is 0.869. The first-order valence-electron chi connectivity index (χ1n) is 4.74. The molecule has 0 aliphatic carbocycles. The lowest BCUT2D eigenvalue weighted by molar-refractivity contribution is 0.0181. The molecule has 0 aromatic heterocycles. The van der Waals surface area contributed by atoms with E-state index in [0.717, 1.165) is 10.0 Å². The fourth-order valence-electron chi connectivity index (χ4n) is 1.27. The van der Waals surface area contributed by atoms with Crippen LogP contribution in [0.5, 0.6) is 0 Å². The molecule has 14 heavy (non-hydrogen) atoms. The predicted molar refractivity (Wildman–Crippen MR) is 60.2 cm³/mol. The minimum atomic E-state index is -0.666. The Morgan fingerprint density at radius 3 is 2.21 bits per heavy atom. The largest absolute Gasteiger partial charge is 0.390 e. The molecule has 0 heterocycles. The monoisotopic (exact) mass is 258 g/mol. The lowest BCUT2D eigenvalue weighted by Gasteiger charge is -2.15. The summed E-state index contributed by atoms with van der Waals surface area (Å²) < 4.78 is 1.02. The Hall–Kier alpha value is -0.380. The number of halogens is 1. The second kappa shape index (κ2) is 5.49. The maximum Gasteiger partial charge on any atom is 0.0839 e. The van der Waals surface area contributed by atoms with Crippen molar-refractivity contribution in [2.45, 2.75) is 32.0 Å². The first kappa shape index (κ1) is 11.7. The molecule has 1 rings (SSSR count). The molecule has 0 fully saturated rings. The topological polar surface area (TPSA) is 40.5 Å². The summed E-state index contributed by atoms with van der Waals surface area (Å²) in [4.78, 5) is 0. The van der Waals surface area contributed by atoms with Gasteiger partial charge in [-0.15, -0.1) is 0 Å². The number of aliphatic hydroxyl groups excluding tert-OH is 2. The molecule has 0 aliphatic heterocycles. The van der Waals surface area contributed by atoms with Crippen molar-refractivity contribution in [3.63, 3.8) is 0 Å². The van der Waals surface area contributed by atoms with Gasteiger partial charge in [-0.25, -0.2) is 0 Å². The van der Waals surface area contributed by atoms with Gasteiger partial charge in [-0.3, -0.25) is 0 Å². The van der Waals surface area contributed by atoms with E-state index in [0.29, 0.717) is 12.8 Å². The Morgan fingerprint density at radius 2 is 1.71 bits per heavy atom. The van der Waals surface area contributed by atoms with E-state index in [1.54, 1.807) is 0 Å². The average molecular weight is 259 g/mol. The lowest BCUT2D eigenvalue weighted by atomic mass is 10.0. The van der Waals surface area contributed by atoms with Crippen LogP contribution in [0.15, 0.2) is 28.7 Å². The minimum Gasteiger partial charge on any atom is -0.390 e. The van der Waals surface area contributed by atoms with Crippen molar-refractivity contribution in [1.29, 1.82) is 0 Å². The summed E-state index contributed by atoms with van der Waals surface area (Å²) in [6, 6.07) is 7.74. The Morgan fingerprint density at radius 1 is 1.14 bits per heavy atom. The van der Waals surface area contributed by atoms with Crippen molar-refractivity contribution in [3.05, 3.63) is 34.3 Å². The third kappa shape index (κ3) is 3.40. The van der Waals surface area contributed by atoms with Gasteiger partial charge in [-0.05, 0) is 24.1 Å². The average Bonchev–Trinajstić information content (AvgIpc) is 2.20. The predicted octanol–water partition coefficient (Wildman–Crippen LogP) is 2.12. The number of benzene rings is 1. The van der Waals surface area contributed by atoms with Crippen LogP contribution in [0.1, 0.15) is 18.9 Å². The third-order valence-electron chi connectivity index (χ3n) is 2.22. The van der Waals surface area contributed by atoms with Gasteiger partial charge in [0.1, 0.15) is 0 Å². The van der Waals surface area contributed by atoms with Gasteiger partial charge in [0.15, 0.2) is 0 Å². The van der Waals surface area contributed by atoms with Gasteiger partial charge in [0.05, 0.1) is 12.2 Å². The van der Waals surface area contributed by atoms with Crippen LogP contribution >= 0.6 is 15.9 Å². The van der Waals surface area contributed by atoms with Crippen LogP contribution in [0.4, 0.5) is 0 Å². The molecule has 0 spiro atoms. The fraction of sp³-hybridized carbons (Fsp3) is 0.455. The second-order valence-corrected chi connectivity index (χ2v) is 4.29. The van der Waals surface area contributed by atoms with Crippen molar-refractivity contribution in [3.8, 4) is 0 Å². The Balaban J connectivity index is 2.56. The van der Waals surface area contributed by atoms with Crippen molar-refractivity contribution in [1.82, 2.24) is 0 Å². The second-order valence-electron chi connectivity index (χ2n) is 3.37. The van der Waals surface area contributed by atoms with Crippen molar-refractivity contribution in [2.75, 3.05) is 0 Å². The molecule has 1 aromatic rings. The summed E-state index contributed by atoms with van der Waals surface area (Å²) in [7, 11) is 0. The zero-order chi connectivity index (χ0) is 10.6. The summed E-state index contributed by atoms with van der Waals surface area (Å²) >= 11 is 3.34. The lowest BCUT2D eigenvalue weighted by Crippen LogP contribution is -2.27. The molecule has 0 amide bonds. The van der Waals surface area contributed by atoms with Crippen LogP contribution < -0.4 is 0 Å². The molecule has 0 aliphatic rings. The number of hydrogen-bond donors (Lipinski definition) is 2. The van der Waals surface area contributed by atoms with Crippen LogP contribution in [0.25, 0.3) is 0 Å².